The molecule has 0 aliphatic rings. The van der Waals surface area contributed by atoms with E-state index in [1.807, 2.05) is 0 Å². The van der Waals surface area contributed by atoms with Crippen molar-refractivity contribution in [2.75, 3.05) is 5.73 Å². The number of aliphatic hydroxyl groups excluding tert-OH is 1. The molecule has 0 saturated heterocycles. The second-order valence-electron chi connectivity index (χ2n) is 4.74. The van der Waals surface area contributed by atoms with Crippen molar-refractivity contribution in [1.82, 2.24) is 0 Å². The van der Waals surface area contributed by atoms with E-state index in [1.54, 1.807) is 6.92 Å². The quantitative estimate of drug-likeness (QED) is 0.654. The number of aliphatic hydroxyl groups is 1. The lowest BCUT2D eigenvalue weighted by Gasteiger charge is -2.18. The molecular weight excluding hydrogens is 286 g/mol. The molecule has 0 amide bonds. The summed E-state index contributed by atoms with van der Waals surface area (Å²) in [5, 5.41) is 10.3. The second-order valence-corrected chi connectivity index (χ2v) is 4.74. The molecule has 2 aromatic rings. The summed E-state index contributed by atoms with van der Waals surface area (Å²) in [7, 11) is 0. The largest absolute Gasteiger partial charge is 0.416 e. The van der Waals surface area contributed by atoms with E-state index >= 15 is 0 Å². The Balaban J connectivity index is 2.52. The molecule has 0 saturated carbocycles. The van der Waals surface area contributed by atoms with Crippen LogP contribution in [0.5, 0.6) is 0 Å². The SMILES string of the molecule is Cc1ccc(F)cc1C(O)c1cc(C(F)(F)F)ccc1N. The van der Waals surface area contributed by atoms with Gasteiger partial charge < -0.3 is 10.8 Å². The minimum absolute atomic E-state index is 0.0131. The number of nitrogen functional groups attached to an aromatic ring is 1. The summed E-state index contributed by atoms with van der Waals surface area (Å²) in [6.07, 6.45) is -5.97. The summed E-state index contributed by atoms with van der Waals surface area (Å²) in [5.41, 5.74) is 5.37. The van der Waals surface area contributed by atoms with Gasteiger partial charge in [0.2, 0.25) is 0 Å². The van der Waals surface area contributed by atoms with Crippen LogP contribution in [0.15, 0.2) is 36.4 Å². The van der Waals surface area contributed by atoms with Gasteiger partial charge in [0.25, 0.3) is 0 Å². The molecule has 0 radical (unpaired) electrons. The molecule has 21 heavy (non-hydrogen) atoms. The molecule has 1 atom stereocenters. The van der Waals surface area contributed by atoms with Gasteiger partial charge >= 0.3 is 6.18 Å². The molecule has 6 heteroatoms. The summed E-state index contributed by atoms with van der Waals surface area (Å²) >= 11 is 0. The standard InChI is InChI=1S/C15H13F4NO/c1-8-2-4-10(16)7-11(8)14(21)12-6-9(15(17,18)19)3-5-13(12)20/h2-7,14,21H,20H2,1H3. The molecule has 0 aliphatic heterocycles. The number of hydrogen-bond donors (Lipinski definition) is 2. The number of alkyl halides is 3. The molecule has 0 fully saturated rings. The van der Waals surface area contributed by atoms with Crippen molar-refractivity contribution >= 4 is 5.69 Å². The zero-order valence-electron chi connectivity index (χ0n) is 11.1. The van der Waals surface area contributed by atoms with Crippen LogP contribution in [0.25, 0.3) is 0 Å². The van der Waals surface area contributed by atoms with Gasteiger partial charge in [-0.05, 0) is 48.4 Å². The van der Waals surface area contributed by atoms with E-state index in [-0.39, 0.29) is 16.8 Å². The molecule has 0 bridgehead atoms. The maximum absolute atomic E-state index is 13.3. The monoisotopic (exact) mass is 299 g/mol. The van der Waals surface area contributed by atoms with E-state index in [1.165, 1.54) is 12.1 Å². The zero-order valence-corrected chi connectivity index (χ0v) is 11.1. The van der Waals surface area contributed by atoms with Gasteiger partial charge in [-0.2, -0.15) is 13.2 Å². The summed E-state index contributed by atoms with van der Waals surface area (Å²) < 4.78 is 51.4. The molecule has 1 unspecified atom stereocenters. The predicted octanol–water partition coefficient (Wildman–Crippen LogP) is 3.82. The van der Waals surface area contributed by atoms with Crippen LogP contribution < -0.4 is 5.73 Å². The first-order chi connectivity index (χ1) is 9.70. The fourth-order valence-corrected chi connectivity index (χ4v) is 2.06. The Morgan fingerprint density at radius 2 is 1.71 bits per heavy atom. The summed E-state index contributed by atoms with van der Waals surface area (Å²) in [4.78, 5) is 0. The van der Waals surface area contributed by atoms with Crippen molar-refractivity contribution in [3.8, 4) is 0 Å². The third-order valence-corrected chi connectivity index (χ3v) is 3.24. The first-order valence-corrected chi connectivity index (χ1v) is 6.11. The van der Waals surface area contributed by atoms with E-state index in [4.69, 9.17) is 5.73 Å². The number of halogens is 4. The molecule has 0 aliphatic carbocycles. The fourth-order valence-electron chi connectivity index (χ4n) is 2.06. The highest BCUT2D eigenvalue weighted by Gasteiger charge is 2.31. The molecule has 0 spiro atoms. The topological polar surface area (TPSA) is 46.2 Å². The van der Waals surface area contributed by atoms with E-state index in [0.29, 0.717) is 5.56 Å². The lowest BCUT2D eigenvalue weighted by molar-refractivity contribution is -0.137. The molecule has 2 aromatic carbocycles. The smallest absolute Gasteiger partial charge is 0.398 e. The molecular formula is C15H13F4NO. The fraction of sp³-hybridized carbons (Fsp3) is 0.200. The molecule has 2 nitrogen and oxygen atoms in total. The van der Waals surface area contributed by atoms with Crippen molar-refractivity contribution in [2.24, 2.45) is 0 Å². The Morgan fingerprint density at radius 1 is 1.05 bits per heavy atom. The lowest BCUT2D eigenvalue weighted by Crippen LogP contribution is -2.10. The van der Waals surface area contributed by atoms with Crippen molar-refractivity contribution in [1.29, 1.82) is 0 Å². The molecule has 0 aromatic heterocycles. The van der Waals surface area contributed by atoms with E-state index in [2.05, 4.69) is 0 Å². The number of anilines is 1. The highest BCUT2D eigenvalue weighted by atomic mass is 19.4. The van der Waals surface area contributed by atoms with Gasteiger partial charge in [-0.1, -0.05) is 6.07 Å². The average molecular weight is 299 g/mol. The maximum Gasteiger partial charge on any atom is 0.416 e. The number of benzene rings is 2. The van der Waals surface area contributed by atoms with Gasteiger partial charge in [-0.3, -0.25) is 0 Å². The number of hydrogen-bond acceptors (Lipinski definition) is 2. The minimum Gasteiger partial charge on any atom is -0.398 e. The van der Waals surface area contributed by atoms with Crippen LogP contribution in [-0.2, 0) is 6.18 Å². The maximum atomic E-state index is 13.3. The van der Waals surface area contributed by atoms with Crippen LogP contribution in [-0.4, -0.2) is 5.11 Å². The third-order valence-electron chi connectivity index (χ3n) is 3.24. The number of rotatable bonds is 2. The van der Waals surface area contributed by atoms with Gasteiger partial charge in [0.1, 0.15) is 11.9 Å². The Kier molecular flexibility index (Phi) is 3.91. The van der Waals surface area contributed by atoms with E-state index in [0.717, 1.165) is 24.3 Å². The average Bonchev–Trinajstić information content (AvgIpc) is 2.40. The van der Waals surface area contributed by atoms with Gasteiger partial charge in [0, 0.05) is 11.3 Å². The summed E-state index contributed by atoms with van der Waals surface area (Å²) in [6.45, 7) is 1.63. The second kappa shape index (κ2) is 5.37. The van der Waals surface area contributed by atoms with Crippen LogP contribution in [0.3, 0.4) is 0 Å². The van der Waals surface area contributed by atoms with Crippen LogP contribution in [0.2, 0.25) is 0 Å². The number of nitrogens with two attached hydrogens (primary N) is 1. The lowest BCUT2D eigenvalue weighted by atomic mass is 9.95. The Morgan fingerprint density at radius 3 is 2.33 bits per heavy atom. The minimum atomic E-state index is -4.54. The van der Waals surface area contributed by atoms with Crippen LogP contribution in [0.1, 0.15) is 28.4 Å². The Labute approximate surface area is 118 Å². The molecule has 2 rings (SSSR count). The van der Waals surface area contributed by atoms with Crippen molar-refractivity contribution in [2.45, 2.75) is 19.2 Å². The van der Waals surface area contributed by atoms with Gasteiger partial charge in [-0.15, -0.1) is 0 Å². The number of aryl methyl sites for hydroxylation is 1. The van der Waals surface area contributed by atoms with Crippen LogP contribution in [0.4, 0.5) is 23.2 Å². The Bertz CT molecular complexity index is 667. The van der Waals surface area contributed by atoms with Gasteiger partial charge in [-0.25, -0.2) is 4.39 Å². The van der Waals surface area contributed by atoms with Crippen molar-refractivity contribution in [3.63, 3.8) is 0 Å². The highest BCUT2D eigenvalue weighted by molar-refractivity contribution is 5.53. The van der Waals surface area contributed by atoms with Crippen LogP contribution >= 0.6 is 0 Å². The van der Waals surface area contributed by atoms with Crippen LogP contribution in [0, 0.1) is 12.7 Å². The first kappa shape index (κ1) is 15.3. The molecule has 0 heterocycles. The van der Waals surface area contributed by atoms with Crippen molar-refractivity contribution in [3.05, 3.63) is 64.5 Å². The van der Waals surface area contributed by atoms with E-state index in [9.17, 15) is 22.7 Å². The summed E-state index contributed by atoms with van der Waals surface area (Å²) in [6, 6.07) is 6.43. The summed E-state index contributed by atoms with van der Waals surface area (Å²) in [5.74, 6) is -0.583. The van der Waals surface area contributed by atoms with Crippen molar-refractivity contribution < 1.29 is 22.7 Å². The molecule has 112 valence electrons. The molecule has 3 N–H and O–H groups in total. The highest BCUT2D eigenvalue weighted by Crippen LogP contribution is 2.35. The zero-order chi connectivity index (χ0) is 15.8. The third kappa shape index (κ3) is 3.16. The predicted molar refractivity (Wildman–Crippen MR) is 71.1 cm³/mol. The first-order valence-electron chi connectivity index (χ1n) is 6.11. The Hall–Kier alpha value is -2.08. The van der Waals surface area contributed by atoms with E-state index < -0.39 is 23.7 Å². The van der Waals surface area contributed by atoms with Gasteiger partial charge in [0.15, 0.2) is 0 Å². The normalized spacial score (nSPS) is 13.2. The van der Waals surface area contributed by atoms with Gasteiger partial charge in [0.05, 0.1) is 5.56 Å².